The zero-order valence-corrected chi connectivity index (χ0v) is 7.52. The first kappa shape index (κ1) is 8.81. The molecule has 1 aliphatic carbocycles. The lowest BCUT2D eigenvalue weighted by atomic mass is 10.1. The van der Waals surface area contributed by atoms with Crippen LogP contribution in [0.15, 0.2) is 0 Å². The lowest BCUT2D eigenvalue weighted by Crippen LogP contribution is -2.37. The average molecular weight is 185 g/mol. The van der Waals surface area contributed by atoms with Gasteiger partial charge in [-0.1, -0.05) is 0 Å². The van der Waals surface area contributed by atoms with Crippen molar-refractivity contribution in [2.75, 3.05) is 13.2 Å². The van der Waals surface area contributed by atoms with Gasteiger partial charge in [0.1, 0.15) is 0 Å². The zero-order chi connectivity index (χ0) is 9.42. The Balaban J connectivity index is 1.93. The summed E-state index contributed by atoms with van der Waals surface area (Å²) in [5, 5.41) is 17.6. The SMILES string of the molecule is O=C(O)N1C[C@H]2C[C@H]2[C@H]1CCCO. The fourth-order valence-corrected chi connectivity index (χ4v) is 2.46. The first-order chi connectivity index (χ1) is 6.24. The minimum Gasteiger partial charge on any atom is -0.465 e. The van der Waals surface area contributed by atoms with Gasteiger partial charge in [-0.3, -0.25) is 0 Å². The lowest BCUT2D eigenvalue weighted by Gasteiger charge is -2.24. The van der Waals surface area contributed by atoms with Gasteiger partial charge in [0.25, 0.3) is 0 Å². The van der Waals surface area contributed by atoms with E-state index in [9.17, 15) is 4.79 Å². The zero-order valence-electron chi connectivity index (χ0n) is 7.52. The van der Waals surface area contributed by atoms with Gasteiger partial charge in [-0.05, 0) is 31.1 Å². The quantitative estimate of drug-likeness (QED) is 0.682. The summed E-state index contributed by atoms with van der Waals surface area (Å²) >= 11 is 0. The van der Waals surface area contributed by atoms with Crippen LogP contribution in [0.1, 0.15) is 19.3 Å². The summed E-state index contributed by atoms with van der Waals surface area (Å²) in [5.74, 6) is 1.22. The topological polar surface area (TPSA) is 60.8 Å². The molecule has 1 heterocycles. The van der Waals surface area contributed by atoms with Crippen molar-refractivity contribution in [1.29, 1.82) is 0 Å². The average Bonchev–Trinajstić information content (AvgIpc) is 2.77. The van der Waals surface area contributed by atoms with E-state index in [0.717, 1.165) is 19.4 Å². The molecule has 2 aliphatic rings. The predicted octanol–water partition coefficient (Wildman–Crippen LogP) is 0.757. The first-order valence-corrected chi connectivity index (χ1v) is 4.84. The molecule has 1 saturated carbocycles. The third-order valence-electron chi connectivity index (χ3n) is 3.21. The molecule has 0 unspecified atom stereocenters. The molecular formula is C9H15NO3. The number of piperidine rings is 1. The van der Waals surface area contributed by atoms with E-state index in [1.165, 1.54) is 6.42 Å². The van der Waals surface area contributed by atoms with E-state index in [0.29, 0.717) is 11.8 Å². The Kier molecular flexibility index (Phi) is 2.15. The molecule has 1 amide bonds. The Bertz CT molecular complexity index is 219. The number of hydrogen-bond acceptors (Lipinski definition) is 2. The van der Waals surface area contributed by atoms with Gasteiger partial charge in [0, 0.05) is 19.2 Å². The van der Waals surface area contributed by atoms with Gasteiger partial charge in [-0.2, -0.15) is 0 Å². The molecule has 2 N–H and O–H groups in total. The number of carbonyl (C=O) groups is 1. The normalized spacial score (nSPS) is 36.1. The van der Waals surface area contributed by atoms with Crippen LogP contribution in [0, 0.1) is 11.8 Å². The summed E-state index contributed by atoms with van der Waals surface area (Å²) in [6.45, 7) is 0.886. The highest BCUT2D eigenvalue weighted by Gasteiger charge is 2.53. The molecule has 1 aliphatic heterocycles. The van der Waals surface area contributed by atoms with Crippen molar-refractivity contribution in [3.05, 3.63) is 0 Å². The number of aliphatic hydroxyl groups is 1. The van der Waals surface area contributed by atoms with Crippen LogP contribution >= 0.6 is 0 Å². The van der Waals surface area contributed by atoms with Crippen molar-refractivity contribution in [3.63, 3.8) is 0 Å². The minimum atomic E-state index is -0.796. The Hall–Kier alpha value is -0.770. The van der Waals surface area contributed by atoms with Crippen LogP contribution < -0.4 is 0 Å². The number of carboxylic acid groups (broad SMARTS) is 1. The molecule has 0 radical (unpaired) electrons. The molecule has 1 saturated heterocycles. The van der Waals surface area contributed by atoms with Crippen molar-refractivity contribution in [2.45, 2.75) is 25.3 Å². The smallest absolute Gasteiger partial charge is 0.407 e. The second-order valence-corrected chi connectivity index (χ2v) is 4.03. The molecule has 13 heavy (non-hydrogen) atoms. The second-order valence-electron chi connectivity index (χ2n) is 4.03. The number of hydrogen-bond donors (Lipinski definition) is 2. The van der Waals surface area contributed by atoms with Crippen LogP contribution in [0.3, 0.4) is 0 Å². The fourth-order valence-electron chi connectivity index (χ4n) is 2.46. The highest BCUT2D eigenvalue weighted by Crippen LogP contribution is 2.50. The molecule has 0 aromatic carbocycles. The Labute approximate surface area is 77.2 Å². The van der Waals surface area contributed by atoms with Gasteiger partial charge < -0.3 is 15.1 Å². The third kappa shape index (κ3) is 1.50. The van der Waals surface area contributed by atoms with E-state index >= 15 is 0 Å². The van der Waals surface area contributed by atoms with E-state index in [1.807, 2.05) is 0 Å². The van der Waals surface area contributed by atoms with Crippen molar-refractivity contribution >= 4 is 6.09 Å². The summed E-state index contributed by atoms with van der Waals surface area (Å²) in [7, 11) is 0. The standard InChI is InChI=1S/C9H15NO3/c11-3-1-2-8-7-4-6(7)5-10(8)9(12)13/h6-8,11H,1-5H2,(H,12,13)/t6-,7-,8-/m1/s1. The van der Waals surface area contributed by atoms with Gasteiger partial charge in [0.2, 0.25) is 0 Å². The molecule has 0 spiro atoms. The molecular weight excluding hydrogens is 170 g/mol. The molecule has 0 aromatic heterocycles. The van der Waals surface area contributed by atoms with Crippen molar-refractivity contribution in [2.24, 2.45) is 11.8 Å². The molecule has 74 valence electrons. The third-order valence-corrected chi connectivity index (χ3v) is 3.21. The van der Waals surface area contributed by atoms with Gasteiger partial charge in [-0.25, -0.2) is 4.79 Å². The molecule has 0 aromatic rings. The summed E-state index contributed by atoms with van der Waals surface area (Å²) in [4.78, 5) is 12.4. The number of amides is 1. The largest absolute Gasteiger partial charge is 0.465 e. The van der Waals surface area contributed by atoms with E-state index in [4.69, 9.17) is 10.2 Å². The van der Waals surface area contributed by atoms with E-state index in [2.05, 4.69) is 0 Å². The van der Waals surface area contributed by atoms with Crippen LogP contribution in [-0.2, 0) is 0 Å². The highest BCUT2D eigenvalue weighted by molar-refractivity contribution is 5.66. The van der Waals surface area contributed by atoms with E-state index in [-0.39, 0.29) is 12.6 Å². The predicted molar refractivity (Wildman–Crippen MR) is 46.4 cm³/mol. The Morgan fingerprint density at radius 2 is 2.31 bits per heavy atom. The monoisotopic (exact) mass is 185 g/mol. The van der Waals surface area contributed by atoms with Gasteiger partial charge >= 0.3 is 6.09 Å². The van der Waals surface area contributed by atoms with Crippen molar-refractivity contribution in [1.82, 2.24) is 4.90 Å². The molecule has 3 atom stereocenters. The van der Waals surface area contributed by atoms with E-state index < -0.39 is 6.09 Å². The van der Waals surface area contributed by atoms with Gasteiger partial charge in [0.05, 0.1) is 0 Å². The van der Waals surface area contributed by atoms with Gasteiger partial charge in [-0.15, -0.1) is 0 Å². The van der Waals surface area contributed by atoms with Crippen LogP contribution in [0.25, 0.3) is 0 Å². The summed E-state index contributed by atoms with van der Waals surface area (Å²) in [5.41, 5.74) is 0. The lowest BCUT2D eigenvalue weighted by molar-refractivity contribution is 0.126. The number of aliphatic hydroxyl groups excluding tert-OH is 1. The molecule has 2 rings (SSSR count). The van der Waals surface area contributed by atoms with Crippen LogP contribution in [-0.4, -0.2) is 40.4 Å². The first-order valence-electron chi connectivity index (χ1n) is 4.84. The number of likely N-dealkylation sites (tertiary alicyclic amines) is 1. The number of rotatable bonds is 3. The summed E-state index contributed by atoms with van der Waals surface area (Å²) in [6, 6.07) is 0.189. The van der Waals surface area contributed by atoms with Gasteiger partial charge in [0.15, 0.2) is 0 Å². The van der Waals surface area contributed by atoms with Crippen molar-refractivity contribution < 1.29 is 15.0 Å². The Morgan fingerprint density at radius 1 is 1.54 bits per heavy atom. The maximum absolute atomic E-state index is 10.8. The molecule has 4 nitrogen and oxygen atoms in total. The second kappa shape index (κ2) is 3.18. The molecule has 0 bridgehead atoms. The number of fused-ring (bicyclic) bond motifs is 1. The maximum atomic E-state index is 10.8. The van der Waals surface area contributed by atoms with Crippen LogP contribution in [0.5, 0.6) is 0 Å². The Morgan fingerprint density at radius 3 is 2.92 bits per heavy atom. The van der Waals surface area contributed by atoms with E-state index in [1.54, 1.807) is 4.90 Å². The minimum absolute atomic E-state index is 0.168. The van der Waals surface area contributed by atoms with Crippen molar-refractivity contribution in [3.8, 4) is 0 Å². The molecule has 2 fully saturated rings. The maximum Gasteiger partial charge on any atom is 0.407 e. The molecule has 4 heteroatoms. The van der Waals surface area contributed by atoms with Crippen LogP contribution in [0.4, 0.5) is 4.79 Å². The van der Waals surface area contributed by atoms with Crippen LogP contribution in [0.2, 0.25) is 0 Å². The summed E-state index contributed by atoms with van der Waals surface area (Å²) in [6.07, 6.45) is 1.94. The summed E-state index contributed by atoms with van der Waals surface area (Å²) < 4.78 is 0. The number of nitrogens with zero attached hydrogens (tertiary/aromatic N) is 1. The highest BCUT2D eigenvalue weighted by atomic mass is 16.4. The fraction of sp³-hybridized carbons (Fsp3) is 0.889.